The van der Waals surface area contributed by atoms with Crippen LogP contribution >= 0.6 is 0 Å². The van der Waals surface area contributed by atoms with Crippen molar-refractivity contribution in [3.63, 3.8) is 0 Å². The number of phenolic OH excluding ortho intramolecular Hbond substituents is 1. The molecular weight excluding hydrogens is 495 g/mol. The molecule has 37 heavy (non-hydrogen) atoms. The molecule has 11 heteroatoms. The van der Waals surface area contributed by atoms with Crippen molar-refractivity contribution >= 4 is 16.9 Å². The molecular formula is C26H26F3NO7. The lowest BCUT2D eigenvalue weighted by Gasteiger charge is -2.31. The predicted molar refractivity (Wildman–Crippen MR) is 127 cm³/mol. The number of benzene rings is 2. The molecule has 3 aromatic rings. The average molecular weight is 521 g/mol. The summed E-state index contributed by atoms with van der Waals surface area (Å²) < 4.78 is 62.9. The molecule has 198 valence electrons. The molecule has 1 aromatic heterocycles. The van der Waals surface area contributed by atoms with E-state index in [0.717, 1.165) is 0 Å². The standard InChI is InChI=1S/C26H26F3NO7/c1-3-35-25(33)15-6-5-11-30(13-15)14-19-20(31)10-9-18-21(32)23(24(26(27,28)29)37-22(18)19)36-17-8-4-7-16(12-17)34-2/h4,7-10,12,15,31H,3,5-6,11,13-14H2,1-2H3. The van der Waals surface area contributed by atoms with Crippen LogP contribution in [-0.2, 0) is 22.3 Å². The van der Waals surface area contributed by atoms with Crippen LogP contribution in [0.25, 0.3) is 11.0 Å². The van der Waals surface area contributed by atoms with Gasteiger partial charge in [0.25, 0.3) is 5.76 Å². The van der Waals surface area contributed by atoms with E-state index in [2.05, 4.69) is 0 Å². The van der Waals surface area contributed by atoms with Crippen molar-refractivity contribution in [3.8, 4) is 23.0 Å². The Morgan fingerprint density at radius 3 is 2.68 bits per heavy atom. The van der Waals surface area contributed by atoms with Crippen LogP contribution in [0.3, 0.4) is 0 Å². The Hall–Kier alpha value is -3.73. The van der Waals surface area contributed by atoms with Crippen LogP contribution in [0.1, 0.15) is 31.1 Å². The van der Waals surface area contributed by atoms with Crippen LogP contribution in [-0.4, -0.2) is 42.8 Å². The molecule has 0 aliphatic carbocycles. The van der Waals surface area contributed by atoms with E-state index < -0.39 is 34.6 Å². The smallest absolute Gasteiger partial charge is 0.453 e. The zero-order valence-corrected chi connectivity index (χ0v) is 20.3. The van der Waals surface area contributed by atoms with Crippen molar-refractivity contribution in [2.45, 2.75) is 32.5 Å². The molecule has 1 atom stereocenters. The summed E-state index contributed by atoms with van der Waals surface area (Å²) in [5.74, 6) is -3.44. The summed E-state index contributed by atoms with van der Waals surface area (Å²) in [4.78, 5) is 27.3. The summed E-state index contributed by atoms with van der Waals surface area (Å²) in [7, 11) is 1.38. The summed E-state index contributed by atoms with van der Waals surface area (Å²) in [6, 6.07) is 8.21. The second-order valence-corrected chi connectivity index (χ2v) is 8.63. The van der Waals surface area contributed by atoms with E-state index in [4.69, 9.17) is 18.6 Å². The highest BCUT2D eigenvalue weighted by atomic mass is 19.4. The molecule has 1 unspecified atom stereocenters. The number of nitrogens with zero attached hydrogens (tertiary/aromatic N) is 1. The Bertz CT molecular complexity index is 1350. The van der Waals surface area contributed by atoms with Crippen molar-refractivity contribution < 1.29 is 41.7 Å². The molecule has 0 amide bonds. The number of rotatable bonds is 7. The van der Waals surface area contributed by atoms with Gasteiger partial charge in [0, 0.05) is 19.2 Å². The second-order valence-electron chi connectivity index (χ2n) is 8.63. The fraction of sp³-hybridized carbons (Fsp3) is 0.385. The van der Waals surface area contributed by atoms with Crippen molar-refractivity contribution in [1.82, 2.24) is 4.90 Å². The zero-order valence-electron chi connectivity index (χ0n) is 20.3. The van der Waals surface area contributed by atoms with E-state index in [1.165, 1.54) is 37.4 Å². The molecule has 1 saturated heterocycles. The summed E-state index contributed by atoms with van der Waals surface area (Å²) in [5, 5.41) is 10.4. The van der Waals surface area contributed by atoms with Crippen molar-refractivity contribution in [2.75, 3.05) is 26.8 Å². The number of methoxy groups -OCH3 is 1. The van der Waals surface area contributed by atoms with E-state index >= 15 is 0 Å². The number of likely N-dealkylation sites (tertiary alicyclic amines) is 1. The highest BCUT2D eigenvalue weighted by molar-refractivity contribution is 5.83. The van der Waals surface area contributed by atoms with Crippen LogP contribution in [0, 0.1) is 5.92 Å². The lowest BCUT2D eigenvalue weighted by molar-refractivity contribution is -0.154. The molecule has 1 aliphatic rings. The molecule has 1 aliphatic heterocycles. The van der Waals surface area contributed by atoms with Gasteiger partial charge in [-0.15, -0.1) is 0 Å². The number of aromatic hydroxyl groups is 1. The average Bonchev–Trinajstić information content (AvgIpc) is 2.87. The molecule has 0 bridgehead atoms. The third-order valence-electron chi connectivity index (χ3n) is 6.12. The fourth-order valence-corrected chi connectivity index (χ4v) is 4.38. The summed E-state index contributed by atoms with van der Waals surface area (Å²) in [5.41, 5.74) is -1.42. The first kappa shape index (κ1) is 26.3. The number of carbonyl (C=O) groups is 1. The first-order valence-electron chi connectivity index (χ1n) is 11.7. The van der Waals surface area contributed by atoms with Gasteiger partial charge in [0.2, 0.25) is 11.2 Å². The number of alkyl halides is 3. The van der Waals surface area contributed by atoms with Crippen LogP contribution in [0.2, 0.25) is 0 Å². The van der Waals surface area contributed by atoms with E-state index in [1.54, 1.807) is 13.0 Å². The minimum absolute atomic E-state index is 0.0116. The number of carbonyl (C=O) groups excluding carboxylic acids is 1. The quantitative estimate of drug-likeness (QED) is 0.429. The molecule has 2 aromatic carbocycles. The summed E-state index contributed by atoms with van der Waals surface area (Å²) in [6.45, 7) is 2.75. The van der Waals surface area contributed by atoms with Gasteiger partial charge in [-0.3, -0.25) is 14.5 Å². The predicted octanol–water partition coefficient (Wildman–Crippen LogP) is 5.09. The number of fused-ring (bicyclic) bond motifs is 1. The van der Waals surface area contributed by atoms with E-state index in [-0.39, 0.29) is 41.6 Å². The van der Waals surface area contributed by atoms with Crippen LogP contribution in [0.4, 0.5) is 13.2 Å². The van der Waals surface area contributed by atoms with Crippen molar-refractivity contribution in [3.05, 3.63) is 57.9 Å². The van der Waals surface area contributed by atoms with Gasteiger partial charge >= 0.3 is 12.1 Å². The van der Waals surface area contributed by atoms with Crippen LogP contribution < -0.4 is 14.9 Å². The van der Waals surface area contributed by atoms with E-state index in [1.807, 2.05) is 4.90 Å². The SMILES string of the molecule is CCOC(=O)C1CCCN(Cc2c(O)ccc3c(=O)c(Oc4cccc(OC)c4)c(C(F)(F)F)oc23)C1. The highest BCUT2D eigenvalue weighted by Crippen LogP contribution is 2.40. The summed E-state index contributed by atoms with van der Waals surface area (Å²) in [6.07, 6.45) is -3.79. The number of halogens is 3. The van der Waals surface area contributed by atoms with Crippen molar-refractivity contribution in [2.24, 2.45) is 5.92 Å². The molecule has 1 N–H and O–H groups in total. The summed E-state index contributed by atoms with van der Waals surface area (Å²) >= 11 is 0. The number of ether oxygens (including phenoxy) is 3. The van der Waals surface area contributed by atoms with Gasteiger partial charge in [-0.2, -0.15) is 13.2 Å². The lowest BCUT2D eigenvalue weighted by atomic mass is 9.97. The van der Waals surface area contributed by atoms with Gasteiger partial charge in [0.05, 0.1) is 30.6 Å². The molecule has 8 nitrogen and oxygen atoms in total. The maximum absolute atomic E-state index is 14.0. The monoisotopic (exact) mass is 521 g/mol. The van der Waals surface area contributed by atoms with Crippen LogP contribution in [0.5, 0.6) is 23.0 Å². The number of esters is 1. The van der Waals surface area contributed by atoms with Gasteiger partial charge < -0.3 is 23.7 Å². The molecule has 1 fully saturated rings. The Labute approximate surface area is 210 Å². The molecule has 0 spiro atoms. The normalized spacial score (nSPS) is 16.5. The van der Waals surface area contributed by atoms with Crippen molar-refractivity contribution in [1.29, 1.82) is 0 Å². The molecule has 0 radical (unpaired) electrons. The Balaban J connectivity index is 1.77. The number of piperidine rings is 1. The maximum Gasteiger partial charge on any atom is 0.453 e. The van der Waals surface area contributed by atoms with E-state index in [0.29, 0.717) is 31.7 Å². The largest absolute Gasteiger partial charge is 0.507 e. The van der Waals surface area contributed by atoms with Gasteiger partial charge in [0.1, 0.15) is 22.8 Å². The Morgan fingerprint density at radius 2 is 1.97 bits per heavy atom. The van der Waals surface area contributed by atoms with Gasteiger partial charge in [0.15, 0.2) is 0 Å². The first-order chi connectivity index (χ1) is 17.6. The fourth-order valence-electron chi connectivity index (χ4n) is 4.38. The second kappa shape index (κ2) is 10.7. The molecule has 0 saturated carbocycles. The minimum atomic E-state index is -5.07. The van der Waals surface area contributed by atoms with Gasteiger partial charge in [-0.25, -0.2) is 0 Å². The highest BCUT2D eigenvalue weighted by Gasteiger charge is 2.41. The maximum atomic E-state index is 14.0. The van der Waals surface area contributed by atoms with E-state index in [9.17, 15) is 27.9 Å². The topological polar surface area (TPSA) is 98.4 Å². The number of hydrogen-bond donors (Lipinski definition) is 1. The molecule has 2 heterocycles. The van der Waals surface area contributed by atoms with Gasteiger partial charge in [-0.05, 0) is 50.6 Å². The third-order valence-corrected chi connectivity index (χ3v) is 6.12. The van der Waals surface area contributed by atoms with Crippen LogP contribution in [0.15, 0.2) is 45.6 Å². The molecule has 4 rings (SSSR count). The first-order valence-corrected chi connectivity index (χ1v) is 11.7. The Morgan fingerprint density at radius 1 is 1.22 bits per heavy atom. The lowest BCUT2D eigenvalue weighted by Crippen LogP contribution is -2.39. The number of phenols is 1. The Kier molecular flexibility index (Phi) is 7.63. The minimum Gasteiger partial charge on any atom is -0.507 e. The number of hydrogen-bond acceptors (Lipinski definition) is 8. The zero-order chi connectivity index (χ0) is 26.7. The van der Waals surface area contributed by atoms with Gasteiger partial charge in [-0.1, -0.05) is 6.07 Å². The third kappa shape index (κ3) is 5.66.